The summed E-state index contributed by atoms with van der Waals surface area (Å²) in [5.41, 5.74) is 1.22. The van der Waals surface area contributed by atoms with Crippen molar-refractivity contribution in [1.82, 2.24) is 10.2 Å². The number of nitrogens with zero attached hydrogens (tertiary/aromatic N) is 2. The number of hydrogen-bond donors (Lipinski definition) is 1. The summed E-state index contributed by atoms with van der Waals surface area (Å²) in [6.45, 7) is 2.48. The summed E-state index contributed by atoms with van der Waals surface area (Å²) < 4.78 is 5.36. The highest BCUT2D eigenvalue weighted by molar-refractivity contribution is 7.18. The van der Waals surface area contributed by atoms with E-state index in [0.717, 1.165) is 5.75 Å². The van der Waals surface area contributed by atoms with Gasteiger partial charge in [-0.3, -0.25) is 10.1 Å². The molecule has 1 heterocycles. The van der Waals surface area contributed by atoms with Crippen LogP contribution in [-0.4, -0.2) is 22.7 Å². The monoisotopic (exact) mass is 393 g/mol. The van der Waals surface area contributed by atoms with Gasteiger partial charge >= 0.3 is 0 Å². The Hall–Kier alpha value is -2.15. The fourth-order valence-corrected chi connectivity index (χ4v) is 3.42. The largest absolute Gasteiger partial charge is 0.494 e. The summed E-state index contributed by atoms with van der Waals surface area (Å²) in [5.74, 6) is 0.447. The van der Waals surface area contributed by atoms with Crippen molar-refractivity contribution in [3.8, 4) is 16.3 Å². The lowest BCUT2D eigenvalue weighted by Crippen LogP contribution is -2.11. The second kappa shape index (κ2) is 7.82. The molecule has 0 fully saturated rings. The lowest BCUT2D eigenvalue weighted by Gasteiger charge is -2.04. The van der Waals surface area contributed by atoms with Crippen molar-refractivity contribution < 1.29 is 9.53 Å². The molecule has 0 saturated carbocycles. The Balaban J connectivity index is 1.73. The number of rotatable bonds is 5. The van der Waals surface area contributed by atoms with Crippen molar-refractivity contribution in [2.45, 2.75) is 6.92 Å². The number of aromatic nitrogens is 2. The second-order valence-corrected chi connectivity index (χ2v) is 6.77. The third kappa shape index (κ3) is 4.28. The zero-order valence-corrected chi connectivity index (χ0v) is 15.5. The molecular formula is C17H13Cl2N3O2S. The fraction of sp³-hybridized carbons (Fsp3) is 0.118. The number of ether oxygens (including phenoxy) is 1. The van der Waals surface area contributed by atoms with E-state index in [0.29, 0.717) is 37.9 Å². The summed E-state index contributed by atoms with van der Waals surface area (Å²) in [6, 6.07) is 12.0. The van der Waals surface area contributed by atoms with E-state index in [1.165, 1.54) is 11.3 Å². The second-order valence-electron chi connectivity index (χ2n) is 4.95. The number of amides is 1. The molecule has 1 amide bonds. The van der Waals surface area contributed by atoms with Gasteiger partial charge in [0.2, 0.25) is 5.13 Å². The summed E-state index contributed by atoms with van der Waals surface area (Å²) in [4.78, 5) is 12.3. The predicted octanol–water partition coefficient (Wildman–Crippen LogP) is 5.16. The average molecular weight is 394 g/mol. The van der Waals surface area contributed by atoms with E-state index in [9.17, 15) is 4.79 Å². The molecule has 0 spiro atoms. The molecule has 128 valence electrons. The van der Waals surface area contributed by atoms with Gasteiger partial charge in [0.25, 0.3) is 5.91 Å². The average Bonchev–Trinajstić information content (AvgIpc) is 3.04. The lowest BCUT2D eigenvalue weighted by atomic mass is 10.2. The molecule has 3 aromatic rings. The van der Waals surface area contributed by atoms with Crippen LogP contribution in [0.1, 0.15) is 17.3 Å². The Morgan fingerprint density at radius 1 is 1.16 bits per heavy atom. The van der Waals surface area contributed by atoms with Gasteiger partial charge in [0.1, 0.15) is 5.75 Å². The van der Waals surface area contributed by atoms with Crippen LogP contribution in [0.5, 0.6) is 5.75 Å². The van der Waals surface area contributed by atoms with Crippen LogP contribution in [0.2, 0.25) is 10.0 Å². The Bertz CT molecular complexity index is 897. The first-order chi connectivity index (χ1) is 12.1. The van der Waals surface area contributed by atoms with E-state index in [1.54, 1.807) is 42.5 Å². The maximum Gasteiger partial charge on any atom is 0.257 e. The van der Waals surface area contributed by atoms with Gasteiger partial charge in [-0.05, 0) is 49.4 Å². The fourth-order valence-electron chi connectivity index (χ4n) is 2.08. The molecule has 1 N–H and O–H groups in total. The zero-order valence-electron chi connectivity index (χ0n) is 13.1. The normalized spacial score (nSPS) is 10.5. The predicted molar refractivity (Wildman–Crippen MR) is 101 cm³/mol. The van der Waals surface area contributed by atoms with Crippen LogP contribution in [0.15, 0.2) is 42.5 Å². The van der Waals surface area contributed by atoms with Gasteiger partial charge < -0.3 is 4.74 Å². The first-order valence-corrected chi connectivity index (χ1v) is 8.97. The van der Waals surface area contributed by atoms with Crippen molar-refractivity contribution in [3.05, 3.63) is 58.1 Å². The number of benzene rings is 2. The van der Waals surface area contributed by atoms with Crippen LogP contribution >= 0.6 is 34.5 Å². The summed E-state index contributed by atoms with van der Waals surface area (Å²) >= 11 is 13.3. The van der Waals surface area contributed by atoms with Crippen molar-refractivity contribution in [1.29, 1.82) is 0 Å². The molecule has 0 unspecified atom stereocenters. The van der Waals surface area contributed by atoms with Crippen molar-refractivity contribution in [3.63, 3.8) is 0 Å². The highest BCUT2D eigenvalue weighted by atomic mass is 35.5. The van der Waals surface area contributed by atoms with Crippen LogP contribution in [-0.2, 0) is 0 Å². The molecule has 3 rings (SSSR count). The van der Waals surface area contributed by atoms with Crippen LogP contribution < -0.4 is 10.1 Å². The Kier molecular flexibility index (Phi) is 5.53. The molecule has 0 aliphatic heterocycles. The van der Waals surface area contributed by atoms with Crippen LogP contribution in [0.25, 0.3) is 10.6 Å². The molecule has 25 heavy (non-hydrogen) atoms. The van der Waals surface area contributed by atoms with Gasteiger partial charge in [-0.15, -0.1) is 10.2 Å². The lowest BCUT2D eigenvalue weighted by molar-refractivity contribution is 0.102. The van der Waals surface area contributed by atoms with Crippen LogP contribution in [0.3, 0.4) is 0 Å². The smallest absolute Gasteiger partial charge is 0.257 e. The van der Waals surface area contributed by atoms with Crippen LogP contribution in [0, 0.1) is 0 Å². The van der Waals surface area contributed by atoms with Crippen LogP contribution in [0.4, 0.5) is 5.13 Å². The van der Waals surface area contributed by atoms with Gasteiger partial charge in [0.15, 0.2) is 5.01 Å². The summed E-state index contributed by atoms with van der Waals surface area (Å²) in [5, 5.41) is 12.8. The van der Waals surface area contributed by atoms with E-state index >= 15 is 0 Å². The quantitative estimate of drug-likeness (QED) is 0.649. The highest BCUT2D eigenvalue weighted by Crippen LogP contribution is 2.33. The zero-order chi connectivity index (χ0) is 17.8. The maximum atomic E-state index is 12.3. The standard InChI is InChI=1S/C17H13Cl2N3O2S/c1-2-24-12-6-3-10(4-7-12)15(23)20-17-22-21-16(25-17)13-8-5-11(18)9-14(13)19/h3-9H,2H2,1H3,(H,20,22,23). The molecule has 0 atom stereocenters. The van der Waals surface area contributed by atoms with E-state index < -0.39 is 0 Å². The molecule has 2 aromatic carbocycles. The van der Waals surface area contributed by atoms with E-state index in [1.807, 2.05) is 6.92 Å². The van der Waals surface area contributed by atoms with Gasteiger partial charge in [-0.25, -0.2) is 0 Å². The molecule has 0 bridgehead atoms. The maximum absolute atomic E-state index is 12.3. The number of carbonyl (C=O) groups is 1. The SMILES string of the molecule is CCOc1ccc(C(=O)Nc2nnc(-c3ccc(Cl)cc3Cl)s2)cc1. The Morgan fingerprint density at radius 2 is 1.92 bits per heavy atom. The topological polar surface area (TPSA) is 64.1 Å². The van der Waals surface area contributed by atoms with Crippen molar-refractivity contribution in [2.75, 3.05) is 11.9 Å². The molecule has 0 aliphatic rings. The molecule has 0 aliphatic carbocycles. The first kappa shape index (κ1) is 17.7. The molecular weight excluding hydrogens is 381 g/mol. The minimum atomic E-state index is -0.270. The molecule has 1 aromatic heterocycles. The third-order valence-electron chi connectivity index (χ3n) is 3.23. The third-order valence-corrected chi connectivity index (χ3v) is 4.65. The van der Waals surface area contributed by atoms with Crippen molar-refractivity contribution >= 4 is 45.6 Å². The summed E-state index contributed by atoms with van der Waals surface area (Å²) in [6.07, 6.45) is 0. The van der Waals surface area contributed by atoms with Gasteiger partial charge in [-0.2, -0.15) is 0 Å². The van der Waals surface area contributed by atoms with Gasteiger partial charge in [0.05, 0.1) is 11.6 Å². The number of carbonyl (C=O) groups excluding carboxylic acids is 1. The number of nitrogens with one attached hydrogen (secondary N) is 1. The number of halogens is 2. The molecule has 0 saturated heterocycles. The minimum Gasteiger partial charge on any atom is -0.494 e. The van der Waals surface area contributed by atoms with Gasteiger partial charge in [-0.1, -0.05) is 34.5 Å². The van der Waals surface area contributed by atoms with E-state index in [2.05, 4.69) is 15.5 Å². The van der Waals surface area contributed by atoms with Gasteiger partial charge in [0, 0.05) is 16.1 Å². The Morgan fingerprint density at radius 3 is 2.60 bits per heavy atom. The number of anilines is 1. The minimum absolute atomic E-state index is 0.270. The highest BCUT2D eigenvalue weighted by Gasteiger charge is 2.13. The van der Waals surface area contributed by atoms with E-state index in [-0.39, 0.29) is 5.91 Å². The molecule has 5 nitrogen and oxygen atoms in total. The van der Waals surface area contributed by atoms with Crippen molar-refractivity contribution in [2.24, 2.45) is 0 Å². The summed E-state index contributed by atoms with van der Waals surface area (Å²) in [7, 11) is 0. The first-order valence-electron chi connectivity index (χ1n) is 7.40. The Labute approximate surface area is 158 Å². The molecule has 8 heteroatoms. The molecule has 0 radical (unpaired) electrons. The van der Waals surface area contributed by atoms with E-state index in [4.69, 9.17) is 27.9 Å². The number of hydrogen-bond acceptors (Lipinski definition) is 5.